The molecule has 0 aromatic carbocycles. The number of thiazole rings is 1. The Labute approximate surface area is 133 Å². The number of nitrogens with one attached hydrogen (secondary N) is 1. The summed E-state index contributed by atoms with van der Waals surface area (Å²) in [5.41, 5.74) is 1.31. The predicted molar refractivity (Wildman–Crippen MR) is 91.2 cm³/mol. The Morgan fingerprint density at radius 3 is 2.86 bits per heavy atom. The normalized spacial score (nSPS) is 25.6. The second kappa shape index (κ2) is 6.66. The van der Waals surface area contributed by atoms with Gasteiger partial charge in [-0.25, -0.2) is 4.98 Å². The van der Waals surface area contributed by atoms with Gasteiger partial charge in [0, 0.05) is 30.1 Å². The molecule has 2 heterocycles. The fraction of sp³-hybridized carbons (Fsp3) is 0.824. The van der Waals surface area contributed by atoms with Crippen LogP contribution in [0.15, 0.2) is 0 Å². The van der Waals surface area contributed by atoms with Crippen molar-refractivity contribution in [1.82, 2.24) is 10.3 Å². The first kappa shape index (κ1) is 15.3. The number of anilines is 1. The van der Waals surface area contributed by atoms with E-state index in [2.05, 4.69) is 31.0 Å². The van der Waals surface area contributed by atoms with Crippen molar-refractivity contribution in [2.24, 2.45) is 5.92 Å². The molecule has 1 saturated carbocycles. The van der Waals surface area contributed by atoms with E-state index in [4.69, 9.17) is 4.98 Å². The van der Waals surface area contributed by atoms with Crippen LogP contribution >= 0.6 is 11.3 Å². The number of aryl methyl sites for hydroxylation is 1. The van der Waals surface area contributed by atoms with Crippen molar-refractivity contribution >= 4 is 16.5 Å². The zero-order valence-electron chi connectivity index (χ0n) is 13.7. The van der Waals surface area contributed by atoms with Gasteiger partial charge in [0.15, 0.2) is 5.13 Å². The Hall–Kier alpha value is -0.610. The van der Waals surface area contributed by atoms with E-state index in [1.54, 1.807) is 0 Å². The summed E-state index contributed by atoms with van der Waals surface area (Å²) in [5.74, 6) is 0.935. The standard InChI is InChI=1S/C17H29N3S/c1-4-14-16(11-18-12(2)3)21-17(19-14)20-10-6-8-13-7-5-9-15(13)20/h12-13,15,18H,4-11H2,1-3H3. The molecule has 2 atom stereocenters. The molecule has 1 aliphatic carbocycles. The Bertz CT molecular complexity index is 469. The summed E-state index contributed by atoms with van der Waals surface area (Å²) in [7, 11) is 0. The summed E-state index contributed by atoms with van der Waals surface area (Å²) in [5, 5.41) is 4.85. The van der Waals surface area contributed by atoms with Gasteiger partial charge in [-0.15, -0.1) is 11.3 Å². The third-order valence-electron chi connectivity index (χ3n) is 5.01. The van der Waals surface area contributed by atoms with Gasteiger partial charge in [0.25, 0.3) is 0 Å². The monoisotopic (exact) mass is 307 g/mol. The van der Waals surface area contributed by atoms with Gasteiger partial charge in [-0.2, -0.15) is 0 Å². The molecule has 118 valence electrons. The Morgan fingerprint density at radius 1 is 1.29 bits per heavy atom. The maximum Gasteiger partial charge on any atom is 0.186 e. The molecular formula is C17H29N3S. The molecule has 1 aromatic heterocycles. The maximum atomic E-state index is 5.00. The zero-order chi connectivity index (χ0) is 14.8. The number of nitrogens with zero attached hydrogens (tertiary/aromatic N) is 2. The number of rotatable bonds is 5. The van der Waals surface area contributed by atoms with Crippen molar-refractivity contribution in [1.29, 1.82) is 0 Å². The molecule has 3 nitrogen and oxygen atoms in total. The zero-order valence-corrected chi connectivity index (χ0v) is 14.5. The molecule has 0 bridgehead atoms. The summed E-state index contributed by atoms with van der Waals surface area (Å²) in [6.45, 7) is 8.84. The second-order valence-electron chi connectivity index (χ2n) is 6.85. The first-order valence-corrected chi connectivity index (χ1v) is 9.49. The molecule has 3 rings (SSSR count). The molecule has 2 fully saturated rings. The topological polar surface area (TPSA) is 28.2 Å². The van der Waals surface area contributed by atoms with Crippen LogP contribution in [0.25, 0.3) is 0 Å². The van der Waals surface area contributed by atoms with Crippen LogP contribution in [0.5, 0.6) is 0 Å². The summed E-state index contributed by atoms with van der Waals surface area (Å²) in [6, 6.07) is 1.31. The van der Waals surface area contributed by atoms with Crippen LogP contribution in [0.3, 0.4) is 0 Å². The highest BCUT2D eigenvalue weighted by Gasteiger charge is 2.36. The Kier molecular flexibility index (Phi) is 4.85. The van der Waals surface area contributed by atoms with Gasteiger partial charge in [0.05, 0.1) is 5.69 Å². The van der Waals surface area contributed by atoms with Crippen molar-refractivity contribution in [3.05, 3.63) is 10.6 Å². The van der Waals surface area contributed by atoms with E-state index in [1.165, 1.54) is 54.4 Å². The van der Waals surface area contributed by atoms with Crippen LogP contribution in [-0.4, -0.2) is 23.6 Å². The number of fused-ring (bicyclic) bond motifs is 1. The lowest BCUT2D eigenvalue weighted by Crippen LogP contribution is -2.42. The molecule has 2 aliphatic rings. The predicted octanol–water partition coefficient (Wildman–Crippen LogP) is 3.97. The second-order valence-corrected chi connectivity index (χ2v) is 7.91. The molecule has 1 aliphatic heterocycles. The number of hydrogen-bond donors (Lipinski definition) is 1. The summed E-state index contributed by atoms with van der Waals surface area (Å²) < 4.78 is 0. The quantitative estimate of drug-likeness (QED) is 0.892. The molecule has 1 aromatic rings. The molecule has 1 N–H and O–H groups in total. The molecule has 4 heteroatoms. The van der Waals surface area contributed by atoms with Crippen LogP contribution in [0.2, 0.25) is 0 Å². The van der Waals surface area contributed by atoms with E-state index >= 15 is 0 Å². The van der Waals surface area contributed by atoms with E-state index in [9.17, 15) is 0 Å². The number of aromatic nitrogens is 1. The van der Waals surface area contributed by atoms with Gasteiger partial charge in [-0.05, 0) is 38.0 Å². The third-order valence-corrected chi connectivity index (χ3v) is 6.15. The van der Waals surface area contributed by atoms with Gasteiger partial charge in [0.1, 0.15) is 0 Å². The molecule has 0 radical (unpaired) electrons. The van der Waals surface area contributed by atoms with Crippen molar-refractivity contribution in [3.8, 4) is 0 Å². The highest BCUT2D eigenvalue weighted by Crippen LogP contribution is 2.40. The van der Waals surface area contributed by atoms with Crippen LogP contribution in [0.4, 0.5) is 5.13 Å². The van der Waals surface area contributed by atoms with Crippen molar-refractivity contribution < 1.29 is 0 Å². The lowest BCUT2D eigenvalue weighted by Gasteiger charge is -2.37. The van der Waals surface area contributed by atoms with Crippen LogP contribution in [0, 0.1) is 5.92 Å². The third kappa shape index (κ3) is 3.26. The van der Waals surface area contributed by atoms with Crippen molar-refractivity contribution in [2.75, 3.05) is 11.4 Å². The van der Waals surface area contributed by atoms with Crippen molar-refractivity contribution in [2.45, 2.75) is 77.9 Å². The fourth-order valence-electron chi connectivity index (χ4n) is 3.90. The largest absolute Gasteiger partial charge is 0.345 e. The average molecular weight is 308 g/mol. The highest BCUT2D eigenvalue weighted by atomic mass is 32.1. The minimum atomic E-state index is 0.537. The van der Waals surface area contributed by atoms with Gasteiger partial charge in [-0.1, -0.05) is 27.2 Å². The molecule has 0 amide bonds. The van der Waals surface area contributed by atoms with Crippen LogP contribution in [0.1, 0.15) is 63.4 Å². The molecule has 2 unspecified atom stereocenters. The van der Waals surface area contributed by atoms with Crippen LogP contribution < -0.4 is 10.2 Å². The van der Waals surface area contributed by atoms with Crippen molar-refractivity contribution in [3.63, 3.8) is 0 Å². The maximum absolute atomic E-state index is 5.00. The lowest BCUT2D eigenvalue weighted by atomic mass is 9.92. The Balaban J connectivity index is 1.78. The van der Waals surface area contributed by atoms with E-state index in [-0.39, 0.29) is 0 Å². The molecular weight excluding hydrogens is 278 g/mol. The first-order chi connectivity index (χ1) is 10.2. The summed E-state index contributed by atoms with van der Waals surface area (Å²) in [4.78, 5) is 9.08. The smallest absolute Gasteiger partial charge is 0.186 e. The number of hydrogen-bond acceptors (Lipinski definition) is 4. The average Bonchev–Trinajstić information content (AvgIpc) is 3.10. The SMILES string of the molecule is CCc1nc(N2CCCC3CCCC32)sc1CNC(C)C. The van der Waals surface area contributed by atoms with E-state index < -0.39 is 0 Å². The fourth-order valence-corrected chi connectivity index (χ4v) is 5.08. The van der Waals surface area contributed by atoms with Gasteiger partial charge >= 0.3 is 0 Å². The first-order valence-electron chi connectivity index (χ1n) is 8.67. The van der Waals surface area contributed by atoms with Gasteiger partial charge in [-0.3, -0.25) is 0 Å². The minimum absolute atomic E-state index is 0.537. The molecule has 0 spiro atoms. The number of piperidine rings is 1. The molecule has 1 saturated heterocycles. The van der Waals surface area contributed by atoms with E-state index in [1.807, 2.05) is 11.3 Å². The van der Waals surface area contributed by atoms with Gasteiger partial charge in [0.2, 0.25) is 0 Å². The van der Waals surface area contributed by atoms with E-state index in [0.717, 1.165) is 24.9 Å². The minimum Gasteiger partial charge on any atom is -0.345 e. The molecule has 21 heavy (non-hydrogen) atoms. The summed E-state index contributed by atoms with van der Waals surface area (Å²) in [6.07, 6.45) is 8.07. The van der Waals surface area contributed by atoms with Crippen LogP contribution in [-0.2, 0) is 13.0 Å². The van der Waals surface area contributed by atoms with Gasteiger partial charge < -0.3 is 10.2 Å². The van der Waals surface area contributed by atoms with E-state index in [0.29, 0.717) is 6.04 Å². The highest BCUT2D eigenvalue weighted by molar-refractivity contribution is 7.15. The lowest BCUT2D eigenvalue weighted by molar-refractivity contribution is 0.362. The Morgan fingerprint density at radius 2 is 2.10 bits per heavy atom. The summed E-state index contributed by atoms with van der Waals surface area (Å²) >= 11 is 1.93.